The topological polar surface area (TPSA) is 93.4 Å². The summed E-state index contributed by atoms with van der Waals surface area (Å²) in [6, 6.07) is 3.37. The second-order valence-electron chi connectivity index (χ2n) is 5.35. The Morgan fingerprint density at radius 1 is 1.32 bits per heavy atom. The molecule has 6 nitrogen and oxygen atoms in total. The maximum Gasteiger partial charge on any atom is 0.319 e. The lowest BCUT2D eigenvalue weighted by molar-refractivity contribution is -0.123. The van der Waals surface area contributed by atoms with Crippen LogP contribution in [0.4, 0.5) is 14.9 Å². The molecule has 120 valence electrons. The van der Waals surface area contributed by atoms with Gasteiger partial charge < -0.3 is 21.1 Å². The normalized spacial score (nSPS) is 21.0. The van der Waals surface area contributed by atoms with Crippen molar-refractivity contribution in [3.05, 3.63) is 24.0 Å². The molecule has 0 unspecified atom stereocenters. The molecule has 1 fully saturated rings. The Balaban J connectivity index is 1.97. The Hall–Kier alpha value is -2.31. The van der Waals surface area contributed by atoms with Crippen molar-refractivity contribution in [2.45, 2.75) is 31.7 Å². The van der Waals surface area contributed by atoms with E-state index in [9.17, 15) is 14.0 Å². The largest absolute Gasteiger partial charge is 0.494 e. The summed E-state index contributed by atoms with van der Waals surface area (Å²) < 4.78 is 18.4. The molecule has 3 amide bonds. The van der Waals surface area contributed by atoms with Gasteiger partial charge in [0.25, 0.3) is 0 Å². The van der Waals surface area contributed by atoms with Gasteiger partial charge in [0.1, 0.15) is 0 Å². The van der Waals surface area contributed by atoms with Gasteiger partial charge in [-0.15, -0.1) is 0 Å². The maximum atomic E-state index is 13.6. The van der Waals surface area contributed by atoms with Crippen LogP contribution in [0.3, 0.4) is 0 Å². The van der Waals surface area contributed by atoms with Crippen molar-refractivity contribution in [1.29, 1.82) is 0 Å². The maximum absolute atomic E-state index is 13.6. The Labute approximate surface area is 128 Å². The van der Waals surface area contributed by atoms with E-state index in [4.69, 9.17) is 10.5 Å². The summed E-state index contributed by atoms with van der Waals surface area (Å²) in [4.78, 5) is 23.4. The van der Waals surface area contributed by atoms with Crippen molar-refractivity contribution in [3.63, 3.8) is 0 Å². The third kappa shape index (κ3) is 3.87. The van der Waals surface area contributed by atoms with Crippen LogP contribution in [0.2, 0.25) is 0 Å². The number of halogens is 1. The monoisotopic (exact) mass is 309 g/mol. The zero-order chi connectivity index (χ0) is 16.1. The molecule has 0 heterocycles. The van der Waals surface area contributed by atoms with Crippen molar-refractivity contribution < 1.29 is 18.7 Å². The van der Waals surface area contributed by atoms with Crippen molar-refractivity contribution in [3.8, 4) is 5.75 Å². The van der Waals surface area contributed by atoms with Crippen LogP contribution in [0, 0.1) is 11.7 Å². The lowest BCUT2D eigenvalue weighted by atomic mass is 9.84. The summed E-state index contributed by atoms with van der Waals surface area (Å²) in [5, 5.41) is 5.29. The second-order valence-corrected chi connectivity index (χ2v) is 5.35. The van der Waals surface area contributed by atoms with Gasteiger partial charge in [0.2, 0.25) is 5.91 Å². The number of nitrogens with two attached hydrogens (primary N) is 1. The predicted octanol–water partition coefficient (Wildman–Crippen LogP) is 2.00. The first-order valence-corrected chi connectivity index (χ1v) is 7.21. The van der Waals surface area contributed by atoms with Crippen molar-refractivity contribution >= 4 is 17.6 Å². The van der Waals surface area contributed by atoms with E-state index in [2.05, 4.69) is 10.6 Å². The molecule has 0 saturated heterocycles. The minimum absolute atomic E-state index is 0.104. The summed E-state index contributed by atoms with van der Waals surface area (Å²) in [6.07, 6.45) is 3.25. The van der Waals surface area contributed by atoms with Crippen LogP contribution in [0.25, 0.3) is 0 Å². The highest BCUT2D eigenvalue weighted by Gasteiger charge is 2.30. The van der Waals surface area contributed by atoms with Crippen molar-refractivity contribution in [2.24, 2.45) is 11.7 Å². The van der Waals surface area contributed by atoms with Crippen LogP contribution < -0.4 is 21.1 Å². The summed E-state index contributed by atoms with van der Waals surface area (Å²) >= 11 is 0. The van der Waals surface area contributed by atoms with Crippen molar-refractivity contribution in [1.82, 2.24) is 5.32 Å². The molecule has 1 aliphatic carbocycles. The highest BCUT2D eigenvalue weighted by molar-refractivity contribution is 5.90. The summed E-state index contributed by atoms with van der Waals surface area (Å²) in [5.74, 6) is -1.22. The standard InChI is InChI=1S/C15H20FN3O3/c1-22-13-7-6-9(8-11(13)16)18-15(21)19-12-5-3-2-4-10(12)14(17)20/h6-8,10,12H,2-5H2,1H3,(H2,17,20)(H2,18,19,21)/t10-,12+/m0/s1. The first kappa shape index (κ1) is 16.1. The van der Waals surface area contributed by atoms with Gasteiger partial charge in [0.15, 0.2) is 11.6 Å². The Bertz CT molecular complexity index is 565. The first-order valence-electron chi connectivity index (χ1n) is 7.21. The fraction of sp³-hybridized carbons (Fsp3) is 0.467. The van der Waals surface area contributed by atoms with Gasteiger partial charge in [0, 0.05) is 17.8 Å². The van der Waals surface area contributed by atoms with Gasteiger partial charge in [0.05, 0.1) is 13.0 Å². The van der Waals surface area contributed by atoms with Crippen LogP contribution in [-0.4, -0.2) is 25.1 Å². The number of primary amides is 1. The number of carbonyl (C=O) groups is 2. The third-order valence-electron chi connectivity index (χ3n) is 3.86. The van der Waals surface area contributed by atoms with Gasteiger partial charge in [-0.25, -0.2) is 9.18 Å². The smallest absolute Gasteiger partial charge is 0.319 e. The summed E-state index contributed by atoms with van der Waals surface area (Å²) in [5.41, 5.74) is 5.67. The zero-order valence-corrected chi connectivity index (χ0v) is 12.4. The van der Waals surface area contributed by atoms with E-state index in [1.807, 2.05) is 0 Å². The Morgan fingerprint density at radius 2 is 2.05 bits per heavy atom. The minimum Gasteiger partial charge on any atom is -0.494 e. The van der Waals surface area contributed by atoms with E-state index in [-0.39, 0.29) is 17.7 Å². The number of carbonyl (C=O) groups excluding carboxylic acids is 2. The number of hydrogen-bond donors (Lipinski definition) is 3. The van der Waals surface area contributed by atoms with Gasteiger partial charge in [-0.2, -0.15) is 0 Å². The minimum atomic E-state index is -0.562. The molecule has 0 bridgehead atoms. The Morgan fingerprint density at radius 3 is 2.68 bits per heavy atom. The SMILES string of the molecule is COc1ccc(NC(=O)N[C@@H]2CCCC[C@@H]2C(N)=O)cc1F. The lowest BCUT2D eigenvalue weighted by Gasteiger charge is -2.29. The number of amides is 3. The van der Waals surface area contributed by atoms with Gasteiger partial charge in [-0.1, -0.05) is 12.8 Å². The molecule has 2 atom stereocenters. The number of benzene rings is 1. The number of nitrogens with one attached hydrogen (secondary N) is 2. The van der Waals surface area contributed by atoms with E-state index in [0.717, 1.165) is 12.8 Å². The fourth-order valence-corrected chi connectivity index (χ4v) is 2.72. The molecule has 2 rings (SSSR count). The first-order chi connectivity index (χ1) is 10.5. The zero-order valence-electron chi connectivity index (χ0n) is 12.4. The second kappa shape index (κ2) is 7.11. The van der Waals surface area contributed by atoms with Gasteiger partial charge in [-0.05, 0) is 25.0 Å². The van der Waals surface area contributed by atoms with E-state index in [1.54, 1.807) is 0 Å². The van der Waals surface area contributed by atoms with Gasteiger partial charge in [-0.3, -0.25) is 4.79 Å². The molecule has 4 N–H and O–H groups in total. The molecule has 1 aliphatic rings. The number of rotatable bonds is 4. The molecule has 0 aliphatic heterocycles. The molecule has 7 heteroatoms. The molecular weight excluding hydrogens is 289 g/mol. The number of urea groups is 1. The molecule has 22 heavy (non-hydrogen) atoms. The van der Waals surface area contributed by atoms with E-state index >= 15 is 0 Å². The predicted molar refractivity (Wildman–Crippen MR) is 80.0 cm³/mol. The van der Waals surface area contributed by atoms with Crippen molar-refractivity contribution in [2.75, 3.05) is 12.4 Å². The van der Waals surface area contributed by atoms with E-state index in [0.29, 0.717) is 18.5 Å². The molecular formula is C15H20FN3O3. The summed E-state index contributed by atoms with van der Waals surface area (Å²) in [6.45, 7) is 0. The average Bonchev–Trinajstić information content (AvgIpc) is 2.47. The molecule has 1 saturated carbocycles. The molecule has 1 aromatic carbocycles. The fourth-order valence-electron chi connectivity index (χ4n) is 2.72. The van der Waals surface area contributed by atoms with E-state index < -0.39 is 17.8 Å². The summed E-state index contributed by atoms with van der Waals surface area (Å²) in [7, 11) is 1.37. The van der Waals surface area contributed by atoms with Crippen LogP contribution in [0.1, 0.15) is 25.7 Å². The van der Waals surface area contributed by atoms with Crippen LogP contribution >= 0.6 is 0 Å². The van der Waals surface area contributed by atoms with Crippen LogP contribution in [0.5, 0.6) is 5.75 Å². The third-order valence-corrected chi connectivity index (χ3v) is 3.86. The van der Waals surface area contributed by atoms with Gasteiger partial charge >= 0.3 is 6.03 Å². The number of anilines is 1. The molecule has 1 aromatic rings. The highest BCUT2D eigenvalue weighted by Crippen LogP contribution is 2.24. The molecule has 0 spiro atoms. The number of methoxy groups -OCH3 is 1. The number of hydrogen-bond acceptors (Lipinski definition) is 3. The highest BCUT2D eigenvalue weighted by atomic mass is 19.1. The average molecular weight is 309 g/mol. The molecule has 0 radical (unpaired) electrons. The lowest BCUT2D eigenvalue weighted by Crippen LogP contribution is -2.48. The molecule has 0 aromatic heterocycles. The quantitative estimate of drug-likeness (QED) is 0.794. The number of ether oxygens (including phenoxy) is 1. The van der Waals surface area contributed by atoms with Crippen LogP contribution in [-0.2, 0) is 4.79 Å². The van der Waals surface area contributed by atoms with Crippen LogP contribution in [0.15, 0.2) is 18.2 Å². The Kier molecular flexibility index (Phi) is 5.19. The van der Waals surface area contributed by atoms with E-state index in [1.165, 1.54) is 25.3 Å².